The number of rotatable bonds is 10. The summed E-state index contributed by atoms with van der Waals surface area (Å²) in [6.45, 7) is 3.30. The summed E-state index contributed by atoms with van der Waals surface area (Å²) in [6.07, 6.45) is 7.62. The minimum absolute atomic E-state index is 0.319. The van der Waals surface area contributed by atoms with Gasteiger partial charge < -0.3 is 5.32 Å². The molecule has 0 amide bonds. The highest BCUT2D eigenvalue weighted by molar-refractivity contribution is 7.09. The Bertz CT molecular complexity index is 672. The van der Waals surface area contributed by atoms with Gasteiger partial charge >= 0.3 is 0 Å². The number of thiophene rings is 1. The van der Waals surface area contributed by atoms with Crippen molar-refractivity contribution in [3.63, 3.8) is 0 Å². The van der Waals surface area contributed by atoms with E-state index in [9.17, 15) is 4.91 Å². The van der Waals surface area contributed by atoms with Crippen LogP contribution in [0.15, 0.2) is 59.1 Å². The van der Waals surface area contributed by atoms with Gasteiger partial charge in [-0.3, -0.25) is 4.90 Å². The van der Waals surface area contributed by atoms with Crippen molar-refractivity contribution >= 4 is 17.4 Å². The van der Waals surface area contributed by atoms with E-state index in [-0.39, 0.29) is 0 Å². The molecule has 2 unspecified atom stereocenters. The summed E-state index contributed by atoms with van der Waals surface area (Å²) in [5.74, 6) is 0. The van der Waals surface area contributed by atoms with Crippen LogP contribution in [-0.4, -0.2) is 43.2 Å². The van der Waals surface area contributed by atoms with Gasteiger partial charge in [0.1, 0.15) is 0 Å². The molecule has 1 fully saturated rings. The van der Waals surface area contributed by atoms with Crippen LogP contribution in [0.3, 0.4) is 0 Å². The van der Waals surface area contributed by atoms with Crippen LogP contribution in [-0.2, 0) is 6.42 Å². The molecule has 4 nitrogen and oxygen atoms in total. The first-order valence-electron chi connectivity index (χ1n) is 9.35. The smallest absolute Gasteiger partial charge is 0.0966 e. The Hall–Kier alpha value is -1.82. The molecule has 0 spiro atoms. The van der Waals surface area contributed by atoms with Crippen molar-refractivity contribution < 1.29 is 0 Å². The molecule has 2 heterocycles. The molecule has 0 bridgehead atoms. The summed E-state index contributed by atoms with van der Waals surface area (Å²) in [7, 11) is 0. The molecule has 1 N–H and O–H groups in total. The van der Waals surface area contributed by atoms with Crippen LogP contribution in [0, 0.1) is 4.91 Å². The minimum Gasteiger partial charge on any atom is -0.309 e. The number of nitrogens with one attached hydrogen (secondary N) is 1. The van der Waals surface area contributed by atoms with E-state index in [4.69, 9.17) is 0 Å². The zero-order valence-corrected chi connectivity index (χ0v) is 15.9. The van der Waals surface area contributed by atoms with Gasteiger partial charge in [-0.25, -0.2) is 0 Å². The lowest BCUT2D eigenvalue weighted by molar-refractivity contribution is 0.230. The van der Waals surface area contributed by atoms with E-state index in [1.807, 2.05) is 17.4 Å². The largest absolute Gasteiger partial charge is 0.309 e. The second-order valence-electron chi connectivity index (χ2n) is 6.80. The quantitative estimate of drug-likeness (QED) is 0.639. The predicted molar refractivity (Wildman–Crippen MR) is 111 cm³/mol. The van der Waals surface area contributed by atoms with Crippen LogP contribution in [0.1, 0.15) is 23.3 Å². The standard InChI is InChI=1S/C21H27N3OS/c25-23-16-20-10-5-13-24(20)17-19(15-21-11-6-14-26-21)22-12-4-9-18-7-2-1-3-8-18/h1-4,6-9,11,14,19-20,22H,5,10,12-13,15-17H2/b9-4+. The molecule has 3 rings (SSSR count). The highest BCUT2D eigenvalue weighted by Gasteiger charge is 2.26. The van der Waals surface area contributed by atoms with Crippen LogP contribution in [0.5, 0.6) is 0 Å². The van der Waals surface area contributed by atoms with E-state index >= 15 is 0 Å². The molecule has 0 saturated carbocycles. The van der Waals surface area contributed by atoms with Crippen LogP contribution in [0.2, 0.25) is 0 Å². The number of nitrogens with zero attached hydrogens (tertiary/aromatic N) is 2. The van der Waals surface area contributed by atoms with Crippen molar-refractivity contribution in [2.45, 2.75) is 31.3 Å². The van der Waals surface area contributed by atoms with Crippen molar-refractivity contribution in [2.75, 3.05) is 26.2 Å². The highest BCUT2D eigenvalue weighted by Crippen LogP contribution is 2.19. The maximum Gasteiger partial charge on any atom is 0.0966 e. The van der Waals surface area contributed by atoms with Crippen LogP contribution < -0.4 is 5.32 Å². The third-order valence-electron chi connectivity index (χ3n) is 4.90. The van der Waals surface area contributed by atoms with Gasteiger partial charge in [0.2, 0.25) is 0 Å². The Labute approximate surface area is 159 Å². The fraction of sp³-hybridized carbons (Fsp3) is 0.429. The van der Waals surface area contributed by atoms with E-state index in [0.717, 1.165) is 32.5 Å². The van der Waals surface area contributed by atoms with E-state index in [1.54, 1.807) is 0 Å². The lowest BCUT2D eigenvalue weighted by atomic mass is 10.1. The maximum absolute atomic E-state index is 10.7. The molecule has 1 saturated heterocycles. The van der Waals surface area contributed by atoms with Gasteiger partial charge in [-0.05, 0) is 42.8 Å². The van der Waals surface area contributed by atoms with Crippen molar-refractivity contribution in [3.8, 4) is 0 Å². The molecule has 2 aromatic rings. The number of benzene rings is 1. The third kappa shape index (κ3) is 5.87. The average molecular weight is 370 g/mol. The van der Waals surface area contributed by atoms with Gasteiger partial charge in [-0.2, -0.15) is 4.91 Å². The number of nitroso groups, excluding NO2 is 1. The third-order valence-corrected chi connectivity index (χ3v) is 5.80. The van der Waals surface area contributed by atoms with E-state index in [0.29, 0.717) is 18.6 Å². The van der Waals surface area contributed by atoms with Gasteiger partial charge in [0.05, 0.1) is 6.54 Å². The Morgan fingerprint density at radius 3 is 2.92 bits per heavy atom. The highest BCUT2D eigenvalue weighted by atomic mass is 32.1. The first-order valence-corrected chi connectivity index (χ1v) is 10.2. The predicted octanol–water partition coefficient (Wildman–Crippen LogP) is 4.19. The van der Waals surface area contributed by atoms with Gasteiger partial charge in [0.15, 0.2) is 0 Å². The summed E-state index contributed by atoms with van der Waals surface area (Å²) in [6, 6.07) is 15.4. The van der Waals surface area contributed by atoms with E-state index in [2.05, 4.69) is 69.3 Å². The van der Waals surface area contributed by atoms with Gasteiger partial charge in [-0.15, -0.1) is 11.3 Å². The number of hydrogen-bond acceptors (Lipinski definition) is 5. The topological polar surface area (TPSA) is 44.7 Å². The second-order valence-corrected chi connectivity index (χ2v) is 7.84. The summed E-state index contributed by atoms with van der Waals surface area (Å²) in [5, 5.41) is 8.96. The molecule has 5 heteroatoms. The van der Waals surface area contributed by atoms with Crippen molar-refractivity contribution in [1.82, 2.24) is 10.2 Å². The normalized spacial score (nSPS) is 19.2. The molecule has 138 valence electrons. The fourth-order valence-corrected chi connectivity index (χ4v) is 4.36. The average Bonchev–Trinajstić information content (AvgIpc) is 3.32. The molecular weight excluding hydrogens is 342 g/mol. The lowest BCUT2D eigenvalue weighted by Gasteiger charge is -2.28. The van der Waals surface area contributed by atoms with Crippen molar-refractivity contribution in [1.29, 1.82) is 0 Å². The summed E-state index contributed by atoms with van der Waals surface area (Å²) >= 11 is 1.81. The molecule has 1 aromatic heterocycles. The van der Waals surface area contributed by atoms with Crippen LogP contribution >= 0.6 is 11.3 Å². The zero-order valence-electron chi connectivity index (χ0n) is 15.1. The summed E-state index contributed by atoms with van der Waals surface area (Å²) in [5.41, 5.74) is 1.22. The molecule has 1 aromatic carbocycles. The molecule has 1 aliphatic heterocycles. The van der Waals surface area contributed by atoms with E-state index < -0.39 is 0 Å². The molecule has 26 heavy (non-hydrogen) atoms. The van der Waals surface area contributed by atoms with Crippen LogP contribution in [0.4, 0.5) is 0 Å². The minimum atomic E-state index is 0.319. The molecular formula is C21H27N3OS. The SMILES string of the molecule is O=NCC1CCCN1CC(Cc1cccs1)NC/C=C/c1ccccc1. The van der Waals surface area contributed by atoms with Gasteiger partial charge in [0.25, 0.3) is 0 Å². The summed E-state index contributed by atoms with van der Waals surface area (Å²) in [4.78, 5) is 14.5. The van der Waals surface area contributed by atoms with Crippen molar-refractivity contribution in [2.24, 2.45) is 5.18 Å². The Balaban J connectivity index is 1.56. The number of hydrogen-bond donors (Lipinski definition) is 1. The monoisotopic (exact) mass is 369 g/mol. The van der Waals surface area contributed by atoms with Gasteiger partial charge in [-0.1, -0.05) is 53.7 Å². The fourth-order valence-electron chi connectivity index (χ4n) is 3.58. The summed E-state index contributed by atoms with van der Waals surface area (Å²) < 4.78 is 0. The first-order chi connectivity index (χ1) is 12.8. The lowest BCUT2D eigenvalue weighted by Crippen LogP contribution is -2.45. The Kier molecular flexibility index (Phi) is 7.55. The second kappa shape index (κ2) is 10.4. The molecule has 0 aliphatic carbocycles. The van der Waals surface area contributed by atoms with Crippen LogP contribution in [0.25, 0.3) is 6.08 Å². The van der Waals surface area contributed by atoms with Gasteiger partial charge in [0, 0.05) is 30.1 Å². The number of likely N-dealkylation sites (tertiary alicyclic amines) is 1. The Morgan fingerprint density at radius 2 is 2.15 bits per heavy atom. The molecule has 2 atom stereocenters. The maximum atomic E-state index is 10.7. The first kappa shape index (κ1) is 19.0. The molecule has 1 aliphatic rings. The zero-order chi connectivity index (χ0) is 18.0. The molecule has 0 radical (unpaired) electrons. The van der Waals surface area contributed by atoms with Crippen molar-refractivity contribution in [3.05, 3.63) is 69.3 Å². The van der Waals surface area contributed by atoms with E-state index in [1.165, 1.54) is 16.9 Å². The Morgan fingerprint density at radius 1 is 1.27 bits per heavy atom.